The van der Waals surface area contributed by atoms with Crippen molar-refractivity contribution in [3.63, 3.8) is 0 Å². The number of nitrogens with zero attached hydrogens (tertiary/aromatic N) is 2. The van der Waals surface area contributed by atoms with Crippen molar-refractivity contribution in [1.82, 2.24) is 9.80 Å². The summed E-state index contributed by atoms with van der Waals surface area (Å²) in [5.74, 6) is 16.1. The third kappa shape index (κ3) is 10.8. The Balaban J connectivity index is 3.19. The Kier molecular flexibility index (Phi) is 13.7. The van der Waals surface area contributed by atoms with Crippen LogP contribution in [0.1, 0.15) is 66.5 Å². The van der Waals surface area contributed by atoms with E-state index in [1.165, 1.54) is 0 Å². The van der Waals surface area contributed by atoms with E-state index in [9.17, 15) is 0 Å². The predicted octanol–water partition coefficient (Wildman–Crippen LogP) is 6.73. The van der Waals surface area contributed by atoms with Gasteiger partial charge in [0.05, 0.1) is 12.1 Å². The van der Waals surface area contributed by atoms with Crippen LogP contribution >= 0.6 is 0 Å². The van der Waals surface area contributed by atoms with Crippen LogP contribution in [-0.4, -0.2) is 48.1 Å². The van der Waals surface area contributed by atoms with Gasteiger partial charge in [0.2, 0.25) is 0 Å². The number of benzene rings is 1. The van der Waals surface area contributed by atoms with Crippen molar-refractivity contribution in [3.05, 3.63) is 60.7 Å². The van der Waals surface area contributed by atoms with E-state index in [4.69, 9.17) is 0 Å². The van der Waals surface area contributed by atoms with E-state index < -0.39 is 0 Å². The van der Waals surface area contributed by atoms with Crippen LogP contribution in [0.4, 0.5) is 0 Å². The molecule has 186 valence electrons. The van der Waals surface area contributed by atoms with Gasteiger partial charge in [-0.2, -0.15) is 0 Å². The minimum atomic E-state index is 0.198. The smallest absolute Gasteiger partial charge is 0.0744 e. The van der Waals surface area contributed by atoms with Gasteiger partial charge in [-0.1, -0.05) is 97.3 Å². The first-order valence-electron chi connectivity index (χ1n) is 12.9. The zero-order valence-corrected chi connectivity index (χ0v) is 23.1. The Labute approximate surface area is 211 Å². The average Bonchev–Trinajstić information content (AvgIpc) is 2.73. The molecule has 1 aromatic rings. The quantitative estimate of drug-likeness (QED) is 0.252. The van der Waals surface area contributed by atoms with Crippen LogP contribution in [0.5, 0.6) is 0 Å². The van der Waals surface area contributed by atoms with Gasteiger partial charge < -0.3 is 0 Å². The molecular formula is C32H48N2. The molecule has 0 aliphatic rings. The lowest BCUT2D eigenvalue weighted by Gasteiger charge is -2.31. The van der Waals surface area contributed by atoms with Crippen LogP contribution in [-0.2, 0) is 0 Å². The molecule has 0 aromatic heterocycles. The topological polar surface area (TPSA) is 6.48 Å². The Bertz CT molecular complexity index is 800. The summed E-state index contributed by atoms with van der Waals surface area (Å²) in [7, 11) is 0. The summed E-state index contributed by atoms with van der Waals surface area (Å²) in [6.45, 7) is 29.7. The minimum Gasteiger partial charge on any atom is -0.286 e. The largest absolute Gasteiger partial charge is 0.286 e. The van der Waals surface area contributed by atoms with Crippen molar-refractivity contribution in [2.24, 2.45) is 23.7 Å². The zero-order valence-electron chi connectivity index (χ0n) is 23.1. The highest BCUT2D eigenvalue weighted by molar-refractivity contribution is 5.44. The maximum atomic E-state index is 3.95. The molecule has 0 aliphatic heterocycles. The van der Waals surface area contributed by atoms with Crippen LogP contribution in [0.3, 0.4) is 0 Å². The van der Waals surface area contributed by atoms with Crippen LogP contribution in [0.15, 0.2) is 49.6 Å². The second-order valence-corrected chi connectivity index (χ2v) is 10.8. The molecule has 34 heavy (non-hydrogen) atoms. The fourth-order valence-electron chi connectivity index (χ4n) is 4.22. The fourth-order valence-corrected chi connectivity index (χ4v) is 4.22. The number of rotatable bonds is 12. The summed E-state index contributed by atoms with van der Waals surface area (Å²) in [4.78, 5) is 4.88. The summed E-state index contributed by atoms with van der Waals surface area (Å²) in [6.07, 6.45) is 3.96. The maximum Gasteiger partial charge on any atom is 0.0744 e. The van der Waals surface area contributed by atoms with Crippen LogP contribution in [0, 0.1) is 47.4 Å². The van der Waals surface area contributed by atoms with E-state index in [-0.39, 0.29) is 12.1 Å². The molecule has 1 aromatic carbocycles. The Hall–Kier alpha value is -2.26. The molecule has 0 N–H and O–H groups in total. The van der Waals surface area contributed by atoms with Gasteiger partial charge in [0.15, 0.2) is 0 Å². The molecular weight excluding hydrogens is 412 g/mol. The van der Waals surface area contributed by atoms with Gasteiger partial charge in [-0.05, 0) is 41.9 Å². The monoisotopic (exact) mass is 460 g/mol. The second-order valence-electron chi connectivity index (χ2n) is 10.8. The first kappa shape index (κ1) is 29.8. The van der Waals surface area contributed by atoms with Crippen molar-refractivity contribution < 1.29 is 0 Å². The normalized spacial score (nSPS) is 13.1. The highest BCUT2D eigenvalue weighted by Crippen LogP contribution is 2.15. The molecule has 0 amide bonds. The Morgan fingerprint density at radius 2 is 1.09 bits per heavy atom. The Morgan fingerprint density at radius 3 is 1.38 bits per heavy atom. The van der Waals surface area contributed by atoms with Crippen molar-refractivity contribution >= 4 is 0 Å². The SMILES string of the molecule is C=CCN(CC(C)C)C(C#Cc1cccc(C#CC(C(C)C)N(CC=C)CC(C)C)c1)C(C)C. The highest BCUT2D eigenvalue weighted by atomic mass is 15.2. The van der Waals surface area contributed by atoms with Crippen molar-refractivity contribution in [3.8, 4) is 23.7 Å². The minimum absolute atomic E-state index is 0.198. The molecule has 0 fully saturated rings. The highest BCUT2D eigenvalue weighted by Gasteiger charge is 2.20. The van der Waals surface area contributed by atoms with Gasteiger partial charge in [0.1, 0.15) is 0 Å². The maximum absolute atomic E-state index is 3.95. The summed E-state index contributed by atoms with van der Waals surface area (Å²) >= 11 is 0. The van der Waals surface area contributed by atoms with E-state index in [1.54, 1.807) is 0 Å². The molecule has 1 rings (SSSR count). The van der Waals surface area contributed by atoms with E-state index in [0.29, 0.717) is 23.7 Å². The molecule has 0 bridgehead atoms. The van der Waals surface area contributed by atoms with Crippen LogP contribution < -0.4 is 0 Å². The summed E-state index contributed by atoms with van der Waals surface area (Å²) < 4.78 is 0. The van der Waals surface area contributed by atoms with E-state index in [1.807, 2.05) is 12.2 Å². The third-order valence-electron chi connectivity index (χ3n) is 5.57. The fraction of sp³-hybridized carbons (Fsp3) is 0.562. The molecule has 0 radical (unpaired) electrons. The van der Waals surface area contributed by atoms with Gasteiger partial charge in [0.25, 0.3) is 0 Å². The summed E-state index contributed by atoms with van der Waals surface area (Å²) in [5, 5.41) is 0. The lowest BCUT2D eigenvalue weighted by atomic mass is 10.00. The zero-order chi connectivity index (χ0) is 25.7. The van der Waals surface area contributed by atoms with Crippen molar-refractivity contribution in [2.45, 2.75) is 67.5 Å². The second kappa shape index (κ2) is 15.6. The van der Waals surface area contributed by atoms with E-state index in [2.05, 4.69) is 126 Å². The third-order valence-corrected chi connectivity index (χ3v) is 5.57. The molecule has 2 unspecified atom stereocenters. The molecule has 0 spiro atoms. The average molecular weight is 461 g/mol. The van der Waals surface area contributed by atoms with E-state index in [0.717, 1.165) is 37.3 Å². The molecule has 2 nitrogen and oxygen atoms in total. The molecule has 0 saturated carbocycles. The Morgan fingerprint density at radius 1 is 0.706 bits per heavy atom. The molecule has 2 heteroatoms. The van der Waals surface area contributed by atoms with Crippen LogP contribution in [0.2, 0.25) is 0 Å². The standard InChI is InChI=1S/C32H48N2/c1-11-20-33(23-25(3)4)31(27(7)8)18-16-29-14-13-15-30(22-29)17-19-32(28(9)10)34(21-12-2)24-26(5)6/h11-15,22,25-28,31-32H,1-2,20-21,23-24H2,3-10H3. The first-order valence-corrected chi connectivity index (χ1v) is 12.9. The predicted molar refractivity (Wildman–Crippen MR) is 151 cm³/mol. The van der Waals surface area contributed by atoms with Crippen molar-refractivity contribution in [1.29, 1.82) is 0 Å². The van der Waals surface area contributed by atoms with Gasteiger partial charge in [-0.25, -0.2) is 0 Å². The number of hydrogen-bond donors (Lipinski definition) is 0. The first-order chi connectivity index (χ1) is 16.1. The summed E-state index contributed by atoms with van der Waals surface area (Å²) in [6, 6.07) is 8.74. The number of hydrogen-bond acceptors (Lipinski definition) is 2. The van der Waals surface area contributed by atoms with Gasteiger partial charge in [0, 0.05) is 37.3 Å². The summed E-state index contributed by atoms with van der Waals surface area (Å²) in [5.41, 5.74) is 2.04. The molecule has 0 heterocycles. The van der Waals surface area contributed by atoms with E-state index >= 15 is 0 Å². The van der Waals surface area contributed by atoms with Crippen LogP contribution in [0.25, 0.3) is 0 Å². The van der Waals surface area contributed by atoms with Gasteiger partial charge in [-0.3, -0.25) is 9.80 Å². The molecule has 2 atom stereocenters. The van der Waals surface area contributed by atoms with Crippen molar-refractivity contribution in [2.75, 3.05) is 26.2 Å². The van der Waals surface area contributed by atoms with Gasteiger partial charge >= 0.3 is 0 Å². The lowest BCUT2D eigenvalue weighted by molar-refractivity contribution is 0.195. The molecule has 0 saturated heterocycles. The lowest BCUT2D eigenvalue weighted by Crippen LogP contribution is -2.40. The molecule has 0 aliphatic carbocycles. The van der Waals surface area contributed by atoms with Gasteiger partial charge in [-0.15, -0.1) is 13.2 Å².